The SMILES string of the molecule is C=Cc1c(O)cccc1OCC1CCCCC1c1ccnn1C(C)C. The minimum absolute atomic E-state index is 0.213. The molecule has 0 bridgehead atoms. The van der Waals surface area contributed by atoms with Gasteiger partial charge in [-0.2, -0.15) is 5.10 Å². The first kappa shape index (κ1) is 17.6. The summed E-state index contributed by atoms with van der Waals surface area (Å²) in [6.07, 6.45) is 8.41. The average Bonchev–Trinajstić information content (AvgIpc) is 3.10. The zero-order chi connectivity index (χ0) is 17.8. The fourth-order valence-electron chi connectivity index (χ4n) is 3.91. The second-order valence-electron chi connectivity index (χ2n) is 7.15. The van der Waals surface area contributed by atoms with Crippen molar-refractivity contribution in [1.82, 2.24) is 9.78 Å². The van der Waals surface area contributed by atoms with E-state index in [0.717, 1.165) is 6.42 Å². The summed E-state index contributed by atoms with van der Waals surface area (Å²) in [7, 11) is 0. The van der Waals surface area contributed by atoms with Crippen molar-refractivity contribution in [2.24, 2.45) is 5.92 Å². The van der Waals surface area contributed by atoms with Crippen LogP contribution < -0.4 is 4.74 Å². The summed E-state index contributed by atoms with van der Waals surface area (Å²) < 4.78 is 8.26. The minimum Gasteiger partial charge on any atom is -0.507 e. The molecule has 0 aliphatic heterocycles. The van der Waals surface area contributed by atoms with Crippen molar-refractivity contribution in [3.05, 3.63) is 48.3 Å². The number of aromatic nitrogens is 2. The van der Waals surface area contributed by atoms with Crippen LogP contribution in [0.5, 0.6) is 11.5 Å². The first-order valence-electron chi connectivity index (χ1n) is 9.22. The van der Waals surface area contributed by atoms with E-state index in [1.165, 1.54) is 25.0 Å². The van der Waals surface area contributed by atoms with Gasteiger partial charge in [0.05, 0.1) is 12.2 Å². The van der Waals surface area contributed by atoms with Crippen LogP contribution in [-0.4, -0.2) is 21.5 Å². The molecular weight excluding hydrogens is 312 g/mol. The van der Waals surface area contributed by atoms with Crippen LogP contribution in [0.1, 0.15) is 62.7 Å². The van der Waals surface area contributed by atoms with E-state index in [0.29, 0.717) is 35.8 Å². The maximum atomic E-state index is 9.97. The van der Waals surface area contributed by atoms with Crippen LogP contribution in [0.15, 0.2) is 37.0 Å². The maximum Gasteiger partial charge on any atom is 0.130 e. The molecule has 1 saturated carbocycles. The van der Waals surface area contributed by atoms with Crippen molar-refractivity contribution in [3.8, 4) is 11.5 Å². The summed E-state index contributed by atoms with van der Waals surface area (Å²) in [5.74, 6) is 1.85. The molecule has 0 radical (unpaired) electrons. The van der Waals surface area contributed by atoms with E-state index in [2.05, 4.69) is 36.3 Å². The number of hydrogen-bond donors (Lipinski definition) is 1. The molecule has 0 spiro atoms. The van der Waals surface area contributed by atoms with Gasteiger partial charge in [0, 0.05) is 29.8 Å². The van der Waals surface area contributed by atoms with Crippen LogP contribution in [0.4, 0.5) is 0 Å². The van der Waals surface area contributed by atoms with Crippen LogP contribution in [0.2, 0.25) is 0 Å². The minimum atomic E-state index is 0.213. The lowest BCUT2D eigenvalue weighted by Crippen LogP contribution is -2.26. The van der Waals surface area contributed by atoms with E-state index in [4.69, 9.17) is 4.74 Å². The van der Waals surface area contributed by atoms with Gasteiger partial charge >= 0.3 is 0 Å². The highest BCUT2D eigenvalue weighted by Crippen LogP contribution is 2.39. The van der Waals surface area contributed by atoms with Gasteiger partial charge in [-0.05, 0) is 44.9 Å². The molecule has 2 unspecified atom stereocenters. The number of hydrogen-bond acceptors (Lipinski definition) is 3. The predicted octanol–water partition coefficient (Wildman–Crippen LogP) is 5.17. The number of aromatic hydroxyl groups is 1. The zero-order valence-electron chi connectivity index (χ0n) is 15.2. The van der Waals surface area contributed by atoms with Crippen LogP contribution in [0.25, 0.3) is 6.08 Å². The standard InChI is InChI=1S/C21H28N2O2/c1-4-17-20(24)10-7-11-21(17)25-14-16-8-5-6-9-18(16)19-12-13-22-23(19)15(2)3/h4,7,10-13,15-16,18,24H,1,5-6,8-9,14H2,2-3H3. The number of rotatable bonds is 6. The molecule has 1 aromatic heterocycles. The lowest BCUT2D eigenvalue weighted by molar-refractivity contribution is 0.180. The molecule has 0 amide bonds. The van der Waals surface area contributed by atoms with Crippen LogP contribution in [0, 0.1) is 5.92 Å². The molecule has 1 N–H and O–H groups in total. The van der Waals surface area contributed by atoms with Gasteiger partial charge in [-0.1, -0.05) is 31.6 Å². The van der Waals surface area contributed by atoms with Crippen molar-refractivity contribution in [2.45, 2.75) is 51.5 Å². The first-order chi connectivity index (χ1) is 12.1. The summed E-state index contributed by atoms with van der Waals surface area (Å²) in [4.78, 5) is 0. The summed E-state index contributed by atoms with van der Waals surface area (Å²) in [5, 5.41) is 14.5. The molecule has 3 rings (SSSR count). The first-order valence-corrected chi connectivity index (χ1v) is 9.22. The van der Waals surface area contributed by atoms with Gasteiger partial charge in [0.2, 0.25) is 0 Å². The van der Waals surface area contributed by atoms with Crippen molar-refractivity contribution in [1.29, 1.82) is 0 Å². The van der Waals surface area contributed by atoms with Gasteiger partial charge in [0.25, 0.3) is 0 Å². The molecule has 4 heteroatoms. The second-order valence-corrected chi connectivity index (χ2v) is 7.15. The van der Waals surface area contributed by atoms with Gasteiger partial charge < -0.3 is 9.84 Å². The number of phenols is 1. The topological polar surface area (TPSA) is 47.3 Å². The highest BCUT2D eigenvalue weighted by Gasteiger charge is 2.30. The van der Waals surface area contributed by atoms with Gasteiger partial charge in [0.1, 0.15) is 11.5 Å². The van der Waals surface area contributed by atoms with Crippen molar-refractivity contribution in [2.75, 3.05) is 6.61 Å². The fraction of sp³-hybridized carbons (Fsp3) is 0.476. The molecule has 2 aromatic rings. The smallest absolute Gasteiger partial charge is 0.130 e. The van der Waals surface area contributed by atoms with E-state index < -0.39 is 0 Å². The molecule has 2 atom stereocenters. The summed E-state index contributed by atoms with van der Waals surface area (Å²) >= 11 is 0. The largest absolute Gasteiger partial charge is 0.507 e. The van der Waals surface area contributed by atoms with E-state index in [1.807, 2.05) is 18.3 Å². The molecular formula is C21H28N2O2. The monoisotopic (exact) mass is 340 g/mol. The average molecular weight is 340 g/mol. The third kappa shape index (κ3) is 3.73. The number of phenolic OH excluding ortho intramolecular Hbond substituents is 1. The maximum absolute atomic E-state index is 9.97. The number of nitrogens with zero attached hydrogens (tertiary/aromatic N) is 2. The van der Waals surface area contributed by atoms with Crippen LogP contribution >= 0.6 is 0 Å². The van der Waals surface area contributed by atoms with Gasteiger partial charge in [0.15, 0.2) is 0 Å². The van der Waals surface area contributed by atoms with E-state index >= 15 is 0 Å². The number of ether oxygens (including phenoxy) is 1. The molecule has 1 fully saturated rings. The Morgan fingerprint density at radius 2 is 2.12 bits per heavy atom. The van der Waals surface area contributed by atoms with Crippen LogP contribution in [0.3, 0.4) is 0 Å². The highest BCUT2D eigenvalue weighted by atomic mass is 16.5. The Bertz CT molecular complexity index is 720. The Balaban J connectivity index is 1.77. The van der Waals surface area contributed by atoms with Gasteiger partial charge in [-0.25, -0.2) is 0 Å². The molecule has 1 aliphatic carbocycles. The lowest BCUT2D eigenvalue weighted by atomic mass is 9.77. The Kier molecular flexibility index (Phi) is 5.47. The summed E-state index contributed by atoms with van der Waals surface area (Å²) in [6.45, 7) is 8.78. The Morgan fingerprint density at radius 3 is 2.88 bits per heavy atom. The Morgan fingerprint density at radius 1 is 1.32 bits per heavy atom. The third-order valence-electron chi connectivity index (χ3n) is 5.18. The molecule has 25 heavy (non-hydrogen) atoms. The predicted molar refractivity (Wildman–Crippen MR) is 101 cm³/mol. The lowest BCUT2D eigenvalue weighted by Gasteiger charge is -2.32. The number of benzene rings is 1. The fourth-order valence-corrected chi connectivity index (χ4v) is 3.91. The summed E-state index contributed by atoms with van der Waals surface area (Å²) in [6, 6.07) is 7.89. The van der Waals surface area contributed by atoms with E-state index in [9.17, 15) is 5.11 Å². The second kappa shape index (κ2) is 7.77. The van der Waals surface area contributed by atoms with E-state index in [1.54, 1.807) is 12.1 Å². The Labute approximate surface area is 150 Å². The molecule has 1 aromatic carbocycles. The molecule has 1 aliphatic rings. The third-order valence-corrected chi connectivity index (χ3v) is 5.18. The van der Waals surface area contributed by atoms with Crippen molar-refractivity contribution >= 4 is 6.08 Å². The van der Waals surface area contributed by atoms with Crippen molar-refractivity contribution in [3.63, 3.8) is 0 Å². The quantitative estimate of drug-likeness (QED) is 0.789. The summed E-state index contributed by atoms with van der Waals surface area (Å²) in [5.41, 5.74) is 1.99. The molecule has 0 saturated heterocycles. The highest BCUT2D eigenvalue weighted by molar-refractivity contribution is 5.62. The van der Waals surface area contributed by atoms with E-state index in [-0.39, 0.29) is 5.75 Å². The van der Waals surface area contributed by atoms with Crippen molar-refractivity contribution < 1.29 is 9.84 Å². The Hall–Kier alpha value is -2.23. The zero-order valence-corrected chi connectivity index (χ0v) is 15.2. The normalized spacial score (nSPS) is 20.6. The van der Waals surface area contributed by atoms with Gasteiger partial charge in [-0.3, -0.25) is 4.68 Å². The molecule has 4 nitrogen and oxygen atoms in total. The van der Waals surface area contributed by atoms with Crippen LogP contribution in [-0.2, 0) is 0 Å². The molecule has 134 valence electrons. The molecule has 1 heterocycles. The van der Waals surface area contributed by atoms with Gasteiger partial charge in [-0.15, -0.1) is 0 Å².